The van der Waals surface area contributed by atoms with Gasteiger partial charge in [-0.3, -0.25) is 9.54 Å². The van der Waals surface area contributed by atoms with Crippen LogP contribution in [0.3, 0.4) is 0 Å². The van der Waals surface area contributed by atoms with Crippen molar-refractivity contribution in [2.45, 2.75) is 31.1 Å². The summed E-state index contributed by atoms with van der Waals surface area (Å²) in [4.78, 5) is 4.19. The predicted octanol–water partition coefficient (Wildman–Crippen LogP) is 5.84. The Hall–Kier alpha value is -2.62. The van der Waals surface area contributed by atoms with Crippen molar-refractivity contribution in [3.63, 3.8) is 0 Å². The summed E-state index contributed by atoms with van der Waals surface area (Å²) in [6.07, 6.45) is 5.00. The van der Waals surface area contributed by atoms with E-state index in [1.807, 2.05) is 6.07 Å². The molecule has 170 valence electrons. The van der Waals surface area contributed by atoms with Gasteiger partial charge in [0.2, 0.25) is 0 Å². The maximum absolute atomic E-state index is 11.9. The Kier molecular flexibility index (Phi) is 8.57. The average Bonchev–Trinajstić information content (AvgIpc) is 2.82. The molecule has 0 bridgehead atoms. The third kappa shape index (κ3) is 5.89. The zero-order valence-corrected chi connectivity index (χ0v) is 19.0. The van der Waals surface area contributed by atoms with Crippen LogP contribution in [0.5, 0.6) is 0 Å². The number of hydrogen-bond donors (Lipinski definition) is 2. The van der Waals surface area contributed by atoms with Crippen LogP contribution in [0.1, 0.15) is 25.3 Å². The van der Waals surface area contributed by atoms with Gasteiger partial charge in [0.05, 0.1) is 17.6 Å². The zero-order chi connectivity index (χ0) is 23.4. The monoisotopic (exact) mass is 484 g/mol. The van der Waals surface area contributed by atoms with Crippen LogP contribution in [0.25, 0.3) is 22.0 Å². The van der Waals surface area contributed by atoms with Crippen molar-refractivity contribution in [2.24, 2.45) is 10.2 Å². The van der Waals surface area contributed by atoms with Crippen molar-refractivity contribution < 1.29 is 13.0 Å². The minimum absolute atomic E-state index is 0. The molecule has 4 rings (SSSR count). The fourth-order valence-corrected chi connectivity index (χ4v) is 4.31. The van der Waals surface area contributed by atoms with Crippen molar-refractivity contribution in [2.75, 3.05) is 5.73 Å². The Bertz CT molecular complexity index is 1420. The summed E-state index contributed by atoms with van der Waals surface area (Å²) in [6, 6.07) is 19.8. The molecule has 0 aliphatic heterocycles. The Morgan fingerprint density at radius 2 is 1.68 bits per heavy atom. The number of azo groups is 1. The molecule has 0 unspecified atom stereocenters. The van der Waals surface area contributed by atoms with Gasteiger partial charge in [-0.15, -0.1) is 10.2 Å². The normalized spacial score (nSPS) is 11.6. The summed E-state index contributed by atoms with van der Waals surface area (Å²) < 4.78 is 33.4. The van der Waals surface area contributed by atoms with E-state index in [-0.39, 0.29) is 45.8 Å². The molecular weight excluding hydrogens is 459 g/mol. The summed E-state index contributed by atoms with van der Waals surface area (Å²) in [5, 5.41) is 9.08. The van der Waals surface area contributed by atoms with Gasteiger partial charge in [0.15, 0.2) is 0 Å². The summed E-state index contributed by atoms with van der Waals surface area (Å²) in [5.74, 6) is 0. The number of nitrogens with two attached hydrogens (primary N) is 1. The van der Waals surface area contributed by atoms with Gasteiger partial charge in [0.25, 0.3) is 10.1 Å². The van der Waals surface area contributed by atoms with Crippen LogP contribution in [0, 0.1) is 0 Å². The van der Waals surface area contributed by atoms with Gasteiger partial charge in [0, 0.05) is 16.3 Å². The molecule has 0 radical (unpaired) electrons. The molecule has 1 heterocycles. The molecule has 1 aromatic heterocycles. The Morgan fingerprint density at radius 1 is 0.971 bits per heavy atom. The summed E-state index contributed by atoms with van der Waals surface area (Å²) in [7, 11) is -4.47. The van der Waals surface area contributed by atoms with Crippen LogP contribution in [0.2, 0.25) is 0 Å². The second-order valence-electron chi connectivity index (χ2n) is 7.73. The Labute approximate surface area is 221 Å². The first-order chi connectivity index (χ1) is 15.9. The number of anilines is 1. The molecule has 34 heavy (non-hydrogen) atoms. The molecule has 0 amide bonds. The van der Waals surface area contributed by atoms with Gasteiger partial charge in [0.1, 0.15) is 16.3 Å². The SMILES string of the molecule is CCCCc1ccc(-c2ccc(N=Nc3cc(S(=O)(=O)O)c4ccccc4c3N)cn2)cc1.[NaH]. The van der Waals surface area contributed by atoms with Crippen LogP contribution >= 0.6 is 0 Å². The summed E-state index contributed by atoms with van der Waals surface area (Å²) in [6.45, 7) is 2.18. The first-order valence-corrected chi connectivity index (χ1v) is 12.1. The van der Waals surface area contributed by atoms with E-state index in [4.69, 9.17) is 5.73 Å². The average molecular weight is 485 g/mol. The number of benzene rings is 3. The first kappa shape index (κ1) is 26.0. The van der Waals surface area contributed by atoms with Crippen LogP contribution in [-0.2, 0) is 16.5 Å². The van der Waals surface area contributed by atoms with Crippen molar-refractivity contribution in [3.8, 4) is 11.3 Å². The topological polar surface area (TPSA) is 118 Å². The molecule has 3 N–H and O–H groups in total. The van der Waals surface area contributed by atoms with E-state index in [2.05, 4.69) is 46.4 Å². The van der Waals surface area contributed by atoms with Crippen LogP contribution in [0.15, 0.2) is 88.1 Å². The molecule has 3 aromatic carbocycles. The summed E-state index contributed by atoms with van der Waals surface area (Å²) in [5.41, 5.74) is 10.2. The Balaban J connectivity index is 0.00000324. The maximum atomic E-state index is 11.9. The van der Waals surface area contributed by atoms with E-state index in [1.165, 1.54) is 24.5 Å². The van der Waals surface area contributed by atoms with Crippen LogP contribution in [-0.4, -0.2) is 47.5 Å². The Morgan fingerprint density at radius 3 is 2.29 bits per heavy atom. The molecular formula is C25H25N4NaO3S. The number of fused-ring (bicyclic) bond motifs is 1. The number of nitrogen functional groups attached to an aromatic ring is 1. The van der Waals surface area contributed by atoms with E-state index in [9.17, 15) is 13.0 Å². The standard InChI is InChI=1S/C25H24N4O3S.Na.H/c1-2-3-6-17-9-11-18(12-10-17)22-14-13-19(16-27-22)28-29-23-15-24(33(30,31)32)20-7-4-5-8-21(20)25(23)26;;/h4-5,7-16H,2-3,6,26H2,1H3,(H,30,31,32);;. The van der Waals surface area contributed by atoms with Crippen LogP contribution in [0.4, 0.5) is 17.1 Å². The van der Waals surface area contributed by atoms with Crippen molar-refractivity contribution in [1.82, 2.24) is 4.98 Å². The molecule has 4 aromatic rings. The zero-order valence-electron chi connectivity index (χ0n) is 18.1. The van der Waals surface area contributed by atoms with E-state index in [1.54, 1.807) is 36.5 Å². The van der Waals surface area contributed by atoms with Crippen LogP contribution < -0.4 is 5.73 Å². The van der Waals surface area contributed by atoms with Gasteiger partial charge in [-0.25, -0.2) is 0 Å². The summed E-state index contributed by atoms with van der Waals surface area (Å²) >= 11 is 0. The van der Waals surface area contributed by atoms with Gasteiger partial charge >= 0.3 is 29.6 Å². The van der Waals surface area contributed by atoms with Crippen molar-refractivity contribution in [3.05, 3.63) is 78.5 Å². The second kappa shape index (κ2) is 11.2. The van der Waals surface area contributed by atoms with E-state index in [0.29, 0.717) is 16.5 Å². The fourth-order valence-electron chi connectivity index (χ4n) is 3.60. The number of hydrogen-bond acceptors (Lipinski definition) is 6. The number of unbranched alkanes of at least 4 members (excludes halogenated alkanes) is 1. The van der Waals surface area contributed by atoms with Gasteiger partial charge in [-0.1, -0.05) is 61.9 Å². The van der Waals surface area contributed by atoms with Crippen molar-refractivity contribution >= 4 is 67.5 Å². The molecule has 9 heteroatoms. The molecule has 0 aliphatic rings. The number of aromatic nitrogens is 1. The molecule has 0 saturated heterocycles. The molecule has 0 spiro atoms. The molecule has 0 aliphatic carbocycles. The molecule has 7 nitrogen and oxygen atoms in total. The van der Waals surface area contributed by atoms with Gasteiger partial charge < -0.3 is 5.73 Å². The van der Waals surface area contributed by atoms with Crippen molar-refractivity contribution in [1.29, 1.82) is 0 Å². The number of rotatable bonds is 7. The number of nitrogens with zero attached hydrogens (tertiary/aromatic N) is 3. The third-order valence-corrected chi connectivity index (χ3v) is 6.29. The van der Waals surface area contributed by atoms with E-state index in [0.717, 1.165) is 17.7 Å². The number of pyridine rings is 1. The van der Waals surface area contributed by atoms with E-state index < -0.39 is 10.1 Å². The third-order valence-electron chi connectivity index (χ3n) is 5.39. The number of aryl methyl sites for hydroxylation is 1. The molecule has 0 fully saturated rings. The molecule has 0 atom stereocenters. The second-order valence-corrected chi connectivity index (χ2v) is 9.12. The predicted molar refractivity (Wildman–Crippen MR) is 138 cm³/mol. The first-order valence-electron chi connectivity index (χ1n) is 10.6. The van der Waals surface area contributed by atoms with E-state index >= 15 is 0 Å². The van der Waals surface area contributed by atoms with Gasteiger partial charge in [-0.2, -0.15) is 8.42 Å². The van der Waals surface area contributed by atoms with Gasteiger partial charge in [-0.05, 0) is 36.6 Å². The minimum atomic E-state index is -4.47. The quantitative estimate of drug-likeness (QED) is 0.148. The fraction of sp³-hybridized carbons (Fsp3) is 0.160. The molecule has 0 saturated carbocycles.